The highest BCUT2D eigenvalue weighted by Crippen LogP contribution is 2.31. The lowest BCUT2D eigenvalue weighted by molar-refractivity contribution is 0.0391. The first-order chi connectivity index (χ1) is 7.77. The van der Waals surface area contributed by atoms with Crippen LogP contribution in [0.1, 0.15) is 32.4 Å². The number of methoxy groups -OCH3 is 1. The monoisotopic (exact) mass is 241 g/mol. The number of halogens is 1. The van der Waals surface area contributed by atoms with Crippen LogP contribution in [-0.4, -0.2) is 18.3 Å². The second-order valence-electron chi connectivity index (χ2n) is 5.22. The van der Waals surface area contributed by atoms with Crippen LogP contribution in [0.3, 0.4) is 0 Å². The van der Waals surface area contributed by atoms with E-state index in [0.29, 0.717) is 5.75 Å². The molecule has 0 unspecified atom stereocenters. The number of hydrogen-bond donors (Lipinski definition) is 2. The van der Waals surface area contributed by atoms with E-state index in [-0.39, 0.29) is 5.56 Å². The van der Waals surface area contributed by atoms with E-state index in [1.165, 1.54) is 25.3 Å². The van der Waals surface area contributed by atoms with Crippen LogP contribution in [0.4, 0.5) is 4.39 Å². The molecule has 0 heterocycles. The zero-order valence-electron chi connectivity index (χ0n) is 10.7. The lowest BCUT2D eigenvalue weighted by atomic mass is 9.82. The van der Waals surface area contributed by atoms with Crippen LogP contribution in [0.25, 0.3) is 0 Å². The normalized spacial score (nSPS) is 15.5. The van der Waals surface area contributed by atoms with Gasteiger partial charge in [-0.25, -0.2) is 4.39 Å². The molecule has 0 aliphatic rings. The van der Waals surface area contributed by atoms with Crippen LogP contribution in [0.2, 0.25) is 0 Å². The summed E-state index contributed by atoms with van der Waals surface area (Å²) in [6, 6.07) is 3.57. The Morgan fingerprint density at radius 1 is 1.35 bits per heavy atom. The Hall–Kier alpha value is -1.13. The molecular weight excluding hydrogens is 221 g/mol. The van der Waals surface area contributed by atoms with Crippen LogP contribution in [0, 0.1) is 11.2 Å². The zero-order valence-corrected chi connectivity index (χ0v) is 10.7. The number of aliphatic hydroxyl groups excluding tert-OH is 1. The molecule has 0 aromatic heterocycles. The van der Waals surface area contributed by atoms with Crippen molar-refractivity contribution in [1.82, 2.24) is 0 Å². The van der Waals surface area contributed by atoms with E-state index in [1.807, 2.05) is 20.8 Å². The molecule has 3 N–H and O–H groups in total. The Labute approximate surface area is 101 Å². The molecule has 0 amide bonds. The van der Waals surface area contributed by atoms with Crippen molar-refractivity contribution in [2.24, 2.45) is 11.1 Å². The summed E-state index contributed by atoms with van der Waals surface area (Å²) in [7, 11) is 1.50. The largest absolute Gasteiger partial charge is 0.497 e. The molecule has 1 aromatic rings. The van der Waals surface area contributed by atoms with Gasteiger partial charge in [-0.3, -0.25) is 0 Å². The molecule has 96 valence electrons. The number of hydrogen-bond acceptors (Lipinski definition) is 3. The smallest absolute Gasteiger partial charge is 0.128 e. The summed E-state index contributed by atoms with van der Waals surface area (Å²) in [5, 5.41) is 10.1. The summed E-state index contributed by atoms with van der Waals surface area (Å²) in [5.41, 5.74) is 5.77. The van der Waals surface area contributed by atoms with Gasteiger partial charge in [0, 0.05) is 5.56 Å². The van der Waals surface area contributed by atoms with Crippen LogP contribution in [0.15, 0.2) is 18.2 Å². The average Bonchev–Trinajstić information content (AvgIpc) is 2.26. The standard InChI is InChI=1S/C13H20FNO2/c1-13(2,3)12(16)11(15)9-7-8(17-4)5-6-10(9)14/h5-7,11-12,16H,15H2,1-4H3/t11-,12-/m1/s1. The van der Waals surface area contributed by atoms with Crippen LogP contribution < -0.4 is 10.5 Å². The predicted molar refractivity (Wildman–Crippen MR) is 65.3 cm³/mol. The van der Waals surface area contributed by atoms with Crippen LogP contribution >= 0.6 is 0 Å². The van der Waals surface area contributed by atoms with Gasteiger partial charge in [-0.05, 0) is 23.6 Å². The molecule has 0 spiro atoms. The van der Waals surface area contributed by atoms with E-state index in [4.69, 9.17) is 10.5 Å². The van der Waals surface area contributed by atoms with Gasteiger partial charge >= 0.3 is 0 Å². The Morgan fingerprint density at radius 3 is 2.41 bits per heavy atom. The fraction of sp³-hybridized carbons (Fsp3) is 0.538. The molecule has 4 heteroatoms. The maximum absolute atomic E-state index is 13.7. The Bertz CT molecular complexity index is 387. The maximum Gasteiger partial charge on any atom is 0.128 e. The molecule has 0 saturated heterocycles. The molecule has 0 fully saturated rings. The number of rotatable bonds is 3. The highest BCUT2D eigenvalue weighted by molar-refractivity contribution is 5.32. The van der Waals surface area contributed by atoms with Crippen LogP contribution in [0.5, 0.6) is 5.75 Å². The number of benzene rings is 1. The third kappa shape index (κ3) is 3.17. The van der Waals surface area contributed by atoms with Crippen molar-refractivity contribution in [2.45, 2.75) is 32.9 Å². The first kappa shape index (κ1) is 13.9. The highest BCUT2D eigenvalue weighted by atomic mass is 19.1. The third-order valence-corrected chi connectivity index (χ3v) is 2.79. The van der Waals surface area contributed by atoms with Gasteiger partial charge < -0.3 is 15.6 Å². The quantitative estimate of drug-likeness (QED) is 0.853. The SMILES string of the molecule is COc1ccc(F)c([C@@H](N)[C@@H](O)C(C)(C)C)c1. The molecule has 0 bridgehead atoms. The Morgan fingerprint density at radius 2 is 1.94 bits per heavy atom. The Kier molecular flexibility index (Phi) is 4.11. The van der Waals surface area contributed by atoms with E-state index in [2.05, 4.69) is 0 Å². The van der Waals surface area contributed by atoms with E-state index in [0.717, 1.165) is 0 Å². The minimum atomic E-state index is -0.830. The molecule has 1 aromatic carbocycles. The lowest BCUT2D eigenvalue weighted by Crippen LogP contribution is -2.37. The van der Waals surface area contributed by atoms with Crippen molar-refractivity contribution in [2.75, 3.05) is 7.11 Å². The molecule has 0 saturated carbocycles. The summed E-state index contributed by atoms with van der Waals surface area (Å²) in [6.45, 7) is 5.57. The molecule has 1 rings (SSSR count). The van der Waals surface area contributed by atoms with Crippen LogP contribution in [-0.2, 0) is 0 Å². The van der Waals surface area contributed by atoms with Gasteiger partial charge in [0.15, 0.2) is 0 Å². The van der Waals surface area contributed by atoms with Gasteiger partial charge in [-0.15, -0.1) is 0 Å². The molecule has 0 aliphatic heterocycles. The third-order valence-electron chi connectivity index (χ3n) is 2.79. The highest BCUT2D eigenvalue weighted by Gasteiger charge is 2.30. The fourth-order valence-corrected chi connectivity index (χ4v) is 1.61. The van der Waals surface area contributed by atoms with Crippen molar-refractivity contribution < 1.29 is 14.2 Å². The van der Waals surface area contributed by atoms with Crippen molar-refractivity contribution in [3.8, 4) is 5.75 Å². The van der Waals surface area contributed by atoms with Gasteiger partial charge in [-0.1, -0.05) is 20.8 Å². The topological polar surface area (TPSA) is 55.5 Å². The van der Waals surface area contributed by atoms with Gasteiger partial charge in [-0.2, -0.15) is 0 Å². The average molecular weight is 241 g/mol. The Balaban J connectivity index is 3.07. The predicted octanol–water partition coefficient (Wildman–Crippen LogP) is 2.24. The number of nitrogens with two attached hydrogens (primary N) is 1. The molecule has 0 aliphatic carbocycles. The summed E-state index contributed by atoms with van der Waals surface area (Å²) >= 11 is 0. The molecule has 2 atom stereocenters. The minimum absolute atomic E-state index is 0.270. The molecule has 17 heavy (non-hydrogen) atoms. The lowest BCUT2D eigenvalue weighted by Gasteiger charge is -2.31. The minimum Gasteiger partial charge on any atom is -0.497 e. The van der Waals surface area contributed by atoms with Gasteiger partial charge in [0.25, 0.3) is 0 Å². The van der Waals surface area contributed by atoms with Gasteiger partial charge in [0.1, 0.15) is 11.6 Å². The van der Waals surface area contributed by atoms with Crippen molar-refractivity contribution in [3.05, 3.63) is 29.6 Å². The molecule has 0 radical (unpaired) electrons. The van der Waals surface area contributed by atoms with Gasteiger partial charge in [0.2, 0.25) is 0 Å². The van der Waals surface area contributed by atoms with Crippen molar-refractivity contribution in [3.63, 3.8) is 0 Å². The summed E-state index contributed by atoms with van der Waals surface area (Å²) in [5.74, 6) is 0.0968. The summed E-state index contributed by atoms with van der Waals surface area (Å²) in [4.78, 5) is 0. The first-order valence-electron chi connectivity index (χ1n) is 5.54. The first-order valence-corrected chi connectivity index (χ1v) is 5.54. The van der Waals surface area contributed by atoms with E-state index in [9.17, 15) is 9.50 Å². The second kappa shape index (κ2) is 5.02. The summed E-state index contributed by atoms with van der Waals surface area (Å²) < 4.78 is 18.7. The van der Waals surface area contributed by atoms with Gasteiger partial charge in [0.05, 0.1) is 19.3 Å². The zero-order chi connectivity index (χ0) is 13.2. The fourth-order valence-electron chi connectivity index (χ4n) is 1.61. The van der Waals surface area contributed by atoms with E-state index < -0.39 is 23.4 Å². The number of ether oxygens (including phenoxy) is 1. The molecular formula is C13H20FNO2. The van der Waals surface area contributed by atoms with E-state index >= 15 is 0 Å². The second-order valence-corrected chi connectivity index (χ2v) is 5.22. The number of aliphatic hydroxyl groups is 1. The van der Waals surface area contributed by atoms with Crippen molar-refractivity contribution >= 4 is 0 Å². The summed E-state index contributed by atoms with van der Waals surface area (Å²) in [6.07, 6.45) is -0.830. The van der Waals surface area contributed by atoms with Crippen molar-refractivity contribution in [1.29, 1.82) is 0 Å². The maximum atomic E-state index is 13.7. The molecule has 3 nitrogen and oxygen atoms in total. The van der Waals surface area contributed by atoms with E-state index in [1.54, 1.807) is 0 Å².